The number of carbonyl (C=O) groups is 1. The summed E-state index contributed by atoms with van der Waals surface area (Å²) in [5, 5.41) is 0. The van der Waals surface area contributed by atoms with Crippen LogP contribution in [-0.4, -0.2) is 31.8 Å². The van der Waals surface area contributed by atoms with E-state index in [1.807, 2.05) is 19.1 Å². The van der Waals surface area contributed by atoms with Gasteiger partial charge in [-0.25, -0.2) is 8.42 Å². The second-order valence-electron chi connectivity index (χ2n) is 5.61. The van der Waals surface area contributed by atoms with E-state index < -0.39 is 28.1 Å². The molecule has 0 N–H and O–H groups in total. The maximum absolute atomic E-state index is 12.9. The fourth-order valence-electron chi connectivity index (χ4n) is 2.69. The highest BCUT2D eigenvalue weighted by molar-refractivity contribution is 9.10. The van der Waals surface area contributed by atoms with Gasteiger partial charge >= 0.3 is 5.97 Å². The van der Waals surface area contributed by atoms with Crippen molar-refractivity contribution in [2.75, 3.05) is 7.11 Å². The van der Waals surface area contributed by atoms with E-state index in [0.717, 1.165) is 15.6 Å². The Hall–Kier alpha value is -1.70. The van der Waals surface area contributed by atoms with Gasteiger partial charge in [-0.05, 0) is 36.8 Å². The quantitative estimate of drug-likeness (QED) is 0.574. The summed E-state index contributed by atoms with van der Waals surface area (Å²) in [7, 11) is -2.51. The lowest BCUT2D eigenvalue weighted by Crippen LogP contribution is -2.20. The largest absolute Gasteiger partial charge is 0.468 e. The van der Waals surface area contributed by atoms with Crippen molar-refractivity contribution in [3.8, 4) is 0 Å². The summed E-state index contributed by atoms with van der Waals surface area (Å²) in [5.41, 5.74) is 1.72. The molecule has 24 heavy (non-hydrogen) atoms. The molecule has 5 nitrogen and oxygen atoms in total. The number of rotatable bonds is 4. The first kappa shape index (κ1) is 17.1. The molecule has 1 fully saturated rings. The van der Waals surface area contributed by atoms with E-state index in [9.17, 15) is 13.2 Å². The molecule has 1 saturated heterocycles. The third kappa shape index (κ3) is 2.99. The van der Waals surface area contributed by atoms with Gasteiger partial charge in [0, 0.05) is 4.47 Å². The number of halogens is 1. The molecular weight excluding hydrogens is 394 g/mol. The Morgan fingerprint density at radius 1 is 1.08 bits per heavy atom. The van der Waals surface area contributed by atoms with Crippen molar-refractivity contribution in [1.82, 2.24) is 4.31 Å². The molecule has 126 valence electrons. The first-order valence-corrected chi connectivity index (χ1v) is 9.53. The van der Waals surface area contributed by atoms with Crippen LogP contribution in [0.1, 0.15) is 17.2 Å². The molecule has 0 aromatic heterocycles. The third-order valence-corrected chi connectivity index (χ3v) is 6.41. The molecular formula is C17H16BrNO4S. The van der Waals surface area contributed by atoms with Crippen molar-refractivity contribution in [1.29, 1.82) is 0 Å². The molecule has 2 aromatic rings. The highest BCUT2D eigenvalue weighted by Crippen LogP contribution is 2.48. The summed E-state index contributed by atoms with van der Waals surface area (Å²) in [6, 6.07) is 12.4. The number of hydrogen-bond acceptors (Lipinski definition) is 4. The van der Waals surface area contributed by atoms with Gasteiger partial charge in [-0.2, -0.15) is 4.31 Å². The first-order chi connectivity index (χ1) is 11.4. The van der Waals surface area contributed by atoms with Crippen LogP contribution in [0.25, 0.3) is 0 Å². The van der Waals surface area contributed by atoms with Crippen LogP contribution in [-0.2, 0) is 19.6 Å². The van der Waals surface area contributed by atoms with Gasteiger partial charge in [0.1, 0.15) is 6.04 Å². The van der Waals surface area contributed by atoms with Crippen molar-refractivity contribution in [2.24, 2.45) is 0 Å². The van der Waals surface area contributed by atoms with Crippen molar-refractivity contribution >= 4 is 31.9 Å². The normalized spacial score (nSPS) is 22.9. The second kappa shape index (κ2) is 6.31. The van der Waals surface area contributed by atoms with Gasteiger partial charge in [-0.15, -0.1) is 0 Å². The monoisotopic (exact) mass is 409 g/mol. The van der Waals surface area contributed by atoms with E-state index in [1.165, 1.54) is 11.4 Å². The maximum atomic E-state index is 12.9. The van der Waals surface area contributed by atoms with E-state index in [2.05, 4.69) is 15.9 Å². The Morgan fingerprint density at radius 2 is 1.67 bits per heavy atom. The molecule has 0 radical (unpaired) electrons. The Bertz CT molecular complexity index is 862. The van der Waals surface area contributed by atoms with Gasteiger partial charge in [-0.3, -0.25) is 4.79 Å². The molecule has 1 unspecified atom stereocenters. The minimum absolute atomic E-state index is 0.168. The van der Waals surface area contributed by atoms with Crippen LogP contribution in [0.15, 0.2) is 57.9 Å². The van der Waals surface area contributed by atoms with Gasteiger partial charge in [0.25, 0.3) is 0 Å². The third-order valence-electron chi connectivity index (χ3n) is 4.01. The molecule has 1 heterocycles. The predicted octanol–water partition coefficient (Wildman–Crippen LogP) is 3.04. The van der Waals surface area contributed by atoms with Gasteiger partial charge < -0.3 is 4.74 Å². The zero-order chi connectivity index (χ0) is 17.5. The second-order valence-corrected chi connectivity index (χ2v) is 8.37. The summed E-state index contributed by atoms with van der Waals surface area (Å²) in [6.07, 6.45) is 0. The zero-order valence-corrected chi connectivity index (χ0v) is 15.5. The number of hydrogen-bond donors (Lipinski definition) is 0. The molecule has 0 saturated carbocycles. The van der Waals surface area contributed by atoms with Crippen molar-refractivity contribution in [3.63, 3.8) is 0 Å². The molecule has 0 bridgehead atoms. The minimum Gasteiger partial charge on any atom is -0.468 e. The lowest BCUT2D eigenvalue weighted by molar-refractivity contribution is -0.140. The Kier molecular flexibility index (Phi) is 4.50. The van der Waals surface area contributed by atoms with Gasteiger partial charge in [0.2, 0.25) is 10.0 Å². The number of ether oxygens (including phenoxy) is 1. The highest BCUT2D eigenvalue weighted by Gasteiger charge is 2.61. The zero-order valence-electron chi connectivity index (χ0n) is 13.1. The van der Waals surface area contributed by atoms with E-state index in [0.29, 0.717) is 0 Å². The maximum Gasteiger partial charge on any atom is 0.326 e. The van der Waals surface area contributed by atoms with E-state index >= 15 is 0 Å². The Morgan fingerprint density at radius 3 is 2.21 bits per heavy atom. The lowest BCUT2D eigenvalue weighted by Gasteiger charge is -2.07. The van der Waals surface area contributed by atoms with E-state index in [1.54, 1.807) is 36.4 Å². The van der Waals surface area contributed by atoms with Crippen molar-refractivity contribution in [2.45, 2.75) is 23.9 Å². The van der Waals surface area contributed by atoms with Gasteiger partial charge in [-0.1, -0.05) is 45.8 Å². The molecule has 3 rings (SSSR count). The molecule has 0 spiro atoms. The number of sulfonamides is 1. The van der Waals surface area contributed by atoms with Crippen LogP contribution in [0.5, 0.6) is 0 Å². The van der Waals surface area contributed by atoms with Crippen LogP contribution in [0.4, 0.5) is 0 Å². The van der Waals surface area contributed by atoms with Crippen LogP contribution in [0.2, 0.25) is 0 Å². The Labute approximate surface area is 149 Å². The van der Waals surface area contributed by atoms with Crippen LogP contribution >= 0.6 is 15.9 Å². The summed E-state index contributed by atoms with van der Waals surface area (Å²) >= 11 is 3.35. The molecule has 2 aromatic carbocycles. The van der Waals surface area contributed by atoms with Crippen LogP contribution in [0.3, 0.4) is 0 Å². The van der Waals surface area contributed by atoms with E-state index in [4.69, 9.17) is 4.74 Å². The fourth-order valence-corrected chi connectivity index (χ4v) is 4.65. The highest BCUT2D eigenvalue weighted by atomic mass is 79.9. The predicted molar refractivity (Wildman–Crippen MR) is 92.9 cm³/mol. The average molecular weight is 410 g/mol. The number of aryl methyl sites for hydroxylation is 1. The molecule has 7 heteroatoms. The molecule has 3 atom stereocenters. The lowest BCUT2D eigenvalue weighted by atomic mass is 10.1. The number of nitrogens with zero attached hydrogens (tertiary/aromatic N) is 1. The summed E-state index contributed by atoms with van der Waals surface area (Å²) in [5.74, 6) is -0.557. The number of esters is 1. The van der Waals surface area contributed by atoms with Gasteiger partial charge in [0.15, 0.2) is 0 Å². The topological polar surface area (TPSA) is 63.5 Å². The summed E-state index contributed by atoms with van der Waals surface area (Å²) < 4.78 is 32.7. The number of carbonyl (C=O) groups excluding carboxylic acids is 1. The smallest absolute Gasteiger partial charge is 0.326 e. The fraction of sp³-hybridized carbons (Fsp3) is 0.235. The molecule has 0 aliphatic carbocycles. The van der Waals surface area contributed by atoms with Crippen molar-refractivity contribution < 1.29 is 17.9 Å². The minimum atomic E-state index is -3.77. The molecule has 1 aliphatic rings. The number of benzene rings is 2. The van der Waals surface area contributed by atoms with Crippen LogP contribution in [0, 0.1) is 6.92 Å². The SMILES string of the molecule is COC(=O)[C@@H]1[C@@H](c2ccc(Br)cc2)N1S(=O)(=O)c1ccc(C)cc1. The summed E-state index contributed by atoms with van der Waals surface area (Å²) in [6.45, 7) is 1.88. The average Bonchev–Trinajstić information content (AvgIpc) is 3.31. The Balaban J connectivity index is 1.99. The van der Waals surface area contributed by atoms with Gasteiger partial charge in [0.05, 0.1) is 18.0 Å². The van der Waals surface area contributed by atoms with E-state index in [-0.39, 0.29) is 4.90 Å². The number of methoxy groups -OCH3 is 1. The van der Waals surface area contributed by atoms with Crippen molar-refractivity contribution in [3.05, 3.63) is 64.1 Å². The molecule has 0 amide bonds. The standard InChI is InChI=1S/C17H16BrNO4S/c1-11-3-9-14(10-4-11)24(21,22)19-15(16(19)17(20)23-2)12-5-7-13(18)8-6-12/h3-10,15-16H,1-2H3/t15-,16+,19?/m1/s1. The first-order valence-electron chi connectivity index (χ1n) is 7.30. The van der Waals surface area contributed by atoms with Crippen LogP contribution < -0.4 is 0 Å². The summed E-state index contributed by atoms with van der Waals surface area (Å²) in [4.78, 5) is 12.2. The molecule has 1 aliphatic heterocycles.